The van der Waals surface area contributed by atoms with Gasteiger partial charge in [-0.2, -0.15) is 13.2 Å². The van der Waals surface area contributed by atoms with E-state index in [-0.39, 0.29) is 11.3 Å². The zero-order valence-corrected chi connectivity index (χ0v) is 10.8. The van der Waals surface area contributed by atoms with E-state index in [9.17, 15) is 13.2 Å². The number of imidazole rings is 1. The van der Waals surface area contributed by atoms with Crippen molar-refractivity contribution < 1.29 is 13.2 Å². The SMILES string of the molecule is FC(F)(F)CCn1c(=S)[nH]c2cc(Br)cnc21. The van der Waals surface area contributed by atoms with Crippen molar-refractivity contribution in [3.8, 4) is 0 Å². The van der Waals surface area contributed by atoms with Crippen molar-refractivity contribution in [3.05, 3.63) is 21.5 Å². The molecule has 0 saturated heterocycles. The van der Waals surface area contributed by atoms with Gasteiger partial charge in [0.25, 0.3) is 0 Å². The van der Waals surface area contributed by atoms with E-state index in [1.165, 1.54) is 10.8 Å². The lowest BCUT2D eigenvalue weighted by Crippen LogP contribution is -2.12. The Kier molecular flexibility index (Phi) is 3.26. The maximum Gasteiger partial charge on any atom is 0.390 e. The first-order valence-electron chi connectivity index (χ1n) is 4.67. The van der Waals surface area contributed by atoms with Crippen molar-refractivity contribution in [2.24, 2.45) is 0 Å². The predicted molar refractivity (Wildman–Crippen MR) is 63.3 cm³/mol. The van der Waals surface area contributed by atoms with Crippen LogP contribution in [0.15, 0.2) is 16.7 Å². The summed E-state index contributed by atoms with van der Waals surface area (Å²) >= 11 is 8.20. The Hall–Kier alpha value is -0.890. The van der Waals surface area contributed by atoms with E-state index >= 15 is 0 Å². The summed E-state index contributed by atoms with van der Waals surface area (Å²) in [5, 5.41) is 0. The third-order valence-corrected chi connectivity index (χ3v) is 2.95. The molecule has 0 radical (unpaired) electrons. The maximum atomic E-state index is 12.2. The zero-order chi connectivity index (χ0) is 12.6. The van der Waals surface area contributed by atoms with Gasteiger partial charge in [-0.05, 0) is 34.2 Å². The van der Waals surface area contributed by atoms with Crippen LogP contribution in [-0.2, 0) is 6.54 Å². The minimum absolute atomic E-state index is 0.225. The highest BCUT2D eigenvalue weighted by Gasteiger charge is 2.27. The second kappa shape index (κ2) is 4.41. The normalized spacial score (nSPS) is 12.2. The lowest BCUT2D eigenvalue weighted by molar-refractivity contribution is -0.136. The smallest absolute Gasteiger partial charge is 0.329 e. The molecule has 0 fully saturated rings. The van der Waals surface area contributed by atoms with Gasteiger partial charge >= 0.3 is 6.18 Å². The van der Waals surface area contributed by atoms with Gasteiger partial charge < -0.3 is 9.55 Å². The van der Waals surface area contributed by atoms with Crippen molar-refractivity contribution in [1.82, 2.24) is 14.5 Å². The lowest BCUT2D eigenvalue weighted by atomic mass is 10.4. The number of H-pyrrole nitrogens is 1. The average molecular weight is 326 g/mol. The van der Waals surface area contributed by atoms with Crippen LogP contribution in [0.5, 0.6) is 0 Å². The third kappa shape index (κ3) is 2.86. The van der Waals surface area contributed by atoms with Crippen LogP contribution >= 0.6 is 28.1 Å². The van der Waals surface area contributed by atoms with Gasteiger partial charge in [0, 0.05) is 17.2 Å². The van der Waals surface area contributed by atoms with Crippen molar-refractivity contribution >= 4 is 39.3 Å². The topological polar surface area (TPSA) is 33.6 Å². The molecule has 0 aromatic carbocycles. The molecule has 0 aliphatic heterocycles. The number of rotatable bonds is 2. The van der Waals surface area contributed by atoms with Crippen molar-refractivity contribution in [2.75, 3.05) is 0 Å². The van der Waals surface area contributed by atoms with E-state index in [4.69, 9.17) is 12.2 Å². The molecule has 1 N–H and O–H groups in total. The molecule has 0 aliphatic rings. The Bertz CT molecular complexity index is 602. The number of aromatic nitrogens is 3. The fraction of sp³-hybridized carbons (Fsp3) is 0.333. The molecule has 2 rings (SSSR count). The molecule has 0 atom stereocenters. The second-order valence-corrected chi connectivity index (χ2v) is 4.77. The molecule has 2 aromatic rings. The number of alkyl halides is 3. The summed E-state index contributed by atoms with van der Waals surface area (Å²) in [5.41, 5.74) is 1.05. The molecule has 17 heavy (non-hydrogen) atoms. The van der Waals surface area contributed by atoms with Gasteiger partial charge in [0.2, 0.25) is 0 Å². The summed E-state index contributed by atoms with van der Waals surface area (Å²) in [7, 11) is 0. The van der Waals surface area contributed by atoms with Crippen molar-refractivity contribution in [2.45, 2.75) is 19.1 Å². The number of halogens is 4. The Balaban J connectivity index is 2.40. The van der Waals surface area contributed by atoms with Crippen molar-refractivity contribution in [3.63, 3.8) is 0 Å². The number of aryl methyl sites for hydroxylation is 1. The quantitative estimate of drug-likeness (QED) is 0.852. The van der Waals surface area contributed by atoms with Crippen LogP contribution in [0.1, 0.15) is 6.42 Å². The van der Waals surface area contributed by atoms with Crippen LogP contribution in [-0.4, -0.2) is 20.7 Å². The lowest BCUT2D eigenvalue weighted by Gasteiger charge is -2.07. The van der Waals surface area contributed by atoms with Gasteiger partial charge in [-0.3, -0.25) is 0 Å². The predicted octanol–water partition coefficient (Wildman–Crippen LogP) is 3.81. The molecular weight excluding hydrogens is 319 g/mol. The fourth-order valence-corrected chi connectivity index (χ4v) is 2.08. The van der Waals surface area contributed by atoms with E-state index in [2.05, 4.69) is 25.9 Å². The van der Waals surface area contributed by atoms with Gasteiger partial charge in [0.15, 0.2) is 10.4 Å². The summed E-state index contributed by atoms with van der Waals surface area (Å²) < 4.78 is 38.8. The van der Waals surface area contributed by atoms with E-state index in [0.717, 1.165) is 4.47 Å². The number of fused-ring (bicyclic) bond motifs is 1. The standard InChI is InChI=1S/C9H7BrF3N3S/c10-5-3-6-7(14-4-5)16(8(17)15-6)2-1-9(11,12)13/h3-4H,1-2H2,(H,15,17). The first kappa shape index (κ1) is 12.6. The number of nitrogens with one attached hydrogen (secondary N) is 1. The summed E-state index contributed by atoms with van der Waals surface area (Å²) in [4.78, 5) is 6.88. The minimum Gasteiger partial charge on any atom is -0.329 e. The first-order valence-corrected chi connectivity index (χ1v) is 5.88. The third-order valence-electron chi connectivity index (χ3n) is 2.19. The van der Waals surface area contributed by atoms with Gasteiger partial charge in [-0.1, -0.05) is 0 Å². The van der Waals surface area contributed by atoms with E-state index in [1.807, 2.05) is 0 Å². The number of nitrogens with zero attached hydrogens (tertiary/aromatic N) is 2. The van der Waals surface area contributed by atoms with Crippen LogP contribution in [0.4, 0.5) is 13.2 Å². The molecule has 92 valence electrons. The monoisotopic (exact) mass is 325 g/mol. The van der Waals surface area contributed by atoms with Gasteiger partial charge in [-0.15, -0.1) is 0 Å². The molecule has 0 amide bonds. The number of pyridine rings is 1. The molecule has 2 aromatic heterocycles. The maximum absolute atomic E-state index is 12.2. The summed E-state index contributed by atoms with van der Waals surface area (Å²) in [6, 6.07) is 1.72. The minimum atomic E-state index is -4.20. The fourth-order valence-electron chi connectivity index (χ4n) is 1.46. The molecule has 0 unspecified atom stereocenters. The Morgan fingerprint density at radius 2 is 2.18 bits per heavy atom. The summed E-state index contributed by atoms with van der Waals surface area (Å²) in [5.74, 6) is 0. The summed E-state index contributed by atoms with van der Waals surface area (Å²) in [6.45, 7) is -0.225. The number of aromatic amines is 1. The van der Waals surface area contributed by atoms with Crippen LogP contribution < -0.4 is 0 Å². The summed E-state index contributed by atoms with van der Waals surface area (Å²) in [6.07, 6.45) is -3.60. The van der Waals surface area contributed by atoms with Crippen LogP contribution in [0.2, 0.25) is 0 Å². The van der Waals surface area contributed by atoms with Crippen molar-refractivity contribution in [1.29, 1.82) is 0 Å². The van der Waals surface area contributed by atoms with Gasteiger partial charge in [-0.25, -0.2) is 4.98 Å². The highest BCUT2D eigenvalue weighted by atomic mass is 79.9. The van der Waals surface area contributed by atoms with Crippen LogP contribution in [0.25, 0.3) is 11.2 Å². The highest BCUT2D eigenvalue weighted by Crippen LogP contribution is 2.22. The van der Waals surface area contributed by atoms with E-state index in [0.29, 0.717) is 11.2 Å². The molecule has 0 spiro atoms. The zero-order valence-electron chi connectivity index (χ0n) is 8.38. The largest absolute Gasteiger partial charge is 0.390 e. The molecule has 0 bridgehead atoms. The van der Waals surface area contributed by atoms with E-state index in [1.54, 1.807) is 6.07 Å². The Labute approximate surface area is 108 Å². The molecule has 0 aliphatic carbocycles. The number of hydrogen-bond donors (Lipinski definition) is 1. The highest BCUT2D eigenvalue weighted by molar-refractivity contribution is 9.10. The average Bonchev–Trinajstić information content (AvgIpc) is 2.48. The Morgan fingerprint density at radius 1 is 1.47 bits per heavy atom. The van der Waals surface area contributed by atoms with Gasteiger partial charge in [0.1, 0.15) is 0 Å². The molecule has 0 saturated carbocycles. The molecular formula is C9H7BrF3N3S. The molecule has 2 heterocycles. The van der Waals surface area contributed by atoms with Gasteiger partial charge in [0.05, 0.1) is 11.9 Å². The van der Waals surface area contributed by atoms with Crippen LogP contribution in [0, 0.1) is 4.77 Å². The Morgan fingerprint density at radius 3 is 2.82 bits per heavy atom. The first-order chi connectivity index (χ1) is 7.87. The second-order valence-electron chi connectivity index (χ2n) is 3.47. The van der Waals surface area contributed by atoms with Crippen LogP contribution in [0.3, 0.4) is 0 Å². The van der Waals surface area contributed by atoms with E-state index < -0.39 is 12.6 Å². The molecule has 3 nitrogen and oxygen atoms in total. The molecule has 8 heteroatoms. The number of hydrogen-bond acceptors (Lipinski definition) is 2.